The van der Waals surface area contributed by atoms with Crippen LogP contribution in [-0.2, 0) is 0 Å². The highest BCUT2D eigenvalue weighted by Crippen LogP contribution is 2.25. The number of carbonyl (C=O) groups is 1. The lowest BCUT2D eigenvalue weighted by molar-refractivity contribution is 0.0941. The smallest absolute Gasteiger partial charge is 0.273 e. The number of rotatable bonds is 1. The first-order valence-electron chi connectivity index (χ1n) is 6.59. The van der Waals surface area contributed by atoms with Gasteiger partial charge in [-0.05, 0) is 23.8 Å². The number of nitrogens with one attached hydrogen (secondary N) is 2. The second-order valence-corrected chi connectivity index (χ2v) is 4.79. The van der Waals surface area contributed by atoms with Gasteiger partial charge in [0.1, 0.15) is 5.82 Å². The fraction of sp³-hybridized carbons (Fsp3) is 0. The van der Waals surface area contributed by atoms with E-state index in [1.54, 1.807) is 35.1 Å². The number of aromatic nitrogens is 3. The van der Waals surface area contributed by atoms with Crippen molar-refractivity contribution in [1.29, 1.82) is 0 Å². The second kappa shape index (κ2) is 4.66. The zero-order chi connectivity index (χ0) is 15.1. The van der Waals surface area contributed by atoms with E-state index < -0.39 is 0 Å². The van der Waals surface area contributed by atoms with Gasteiger partial charge in [-0.2, -0.15) is 5.10 Å². The summed E-state index contributed by atoms with van der Waals surface area (Å²) < 4.78 is 14.7. The van der Waals surface area contributed by atoms with Gasteiger partial charge in [-0.25, -0.2) is 13.9 Å². The lowest BCUT2D eigenvalue weighted by Gasteiger charge is -2.05. The average molecular weight is 295 g/mol. The maximum atomic E-state index is 13.1. The minimum atomic E-state index is -0.298. The van der Waals surface area contributed by atoms with Crippen molar-refractivity contribution in [2.24, 2.45) is 0 Å². The summed E-state index contributed by atoms with van der Waals surface area (Å²) in [5.74, 6) is -0.582. The summed E-state index contributed by atoms with van der Waals surface area (Å²) in [4.78, 5) is 16.3. The van der Waals surface area contributed by atoms with Gasteiger partial charge in [0.15, 0.2) is 5.65 Å². The molecule has 0 atom stereocenters. The highest BCUT2D eigenvalue weighted by atomic mass is 19.1. The molecule has 0 fully saturated rings. The number of nitrogens with zero attached hydrogens (tertiary/aromatic N) is 3. The number of amides is 1. The molecule has 0 radical (unpaired) electrons. The van der Waals surface area contributed by atoms with Gasteiger partial charge in [0.2, 0.25) is 0 Å². The number of fused-ring (bicyclic) bond motifs is 3. The molecule has 22 heavy (non-hydrogen) atoms. The fourth-order valence-corrected chi connectivity index (χ4v) is 2.41. The Kier molecular flexibility index (Phi) is 2.65. The Morgan fingerprint density at radius 2 is 1.91 bits per heavy atom. The van der Waals surface area contributed by atoms with Crippen LogP contribution in [0.1, 0.15) is 16.1 Å². The van der Waals surface area contributed by atoms with Crippen molar-refractivity contribution in [3.05, 3.63) is 59.9 Å². The molecule has 4 rings (SSSR count). The Morgan fingerprint density at radius 3 is 2.73 bits per heavy atom. The summed E-state index contributed by atoms with van der Waals surface area (Å²) in [6, 6.07) is 6.12. The standard InChI is InChI=1S/C15H10FN5O/c16-10-3-1-9(2-4-10)11-8-19-21-13-5-6-18-20-15(22)12(13)7-17-14(11)21/h1-8,18H,(H,20,22). The largest absolute Gasteiger partial charge is 0.306 e. The van der Waals surface area contributed by atoms with Crippen LogP contribution in [0.3, 0.4) is 0 Å². The number of hydrogen-bond donors (Lipinski definition) is 2. The maximum Gasteiger partial charge on any atom is 0.273 e. The van der Waals surface area contributed by atoms with E-state index in [1.165, 1.54) is 18.3 Å². The third-order valence-corrected chi connectivity index (χ3v) is 3.47. The first-order chi connectivity index (χ1) is 10.7. The summed E-state index contributed by atoms with van der Waals surface area (Å²) >= 11 is 0. The van der Waals surface area contributed by atoms with E-state index in [-0.39, 0.29) is 11.7 Å². The third-order valence-electron chi connectivity index (χ3n) is 3.47. The number of benzene rings is 1. The first-order valence-corrected chi connectivity index (χ1v) is 6.59. The quantitative estimate of drug-likeness (QED) is 0.717. The van der Waals surface area contributed by atoms with Crippen molar-refractivity contribution < 1.29 is 9.18 Å². The molecule has 108 valence electrons. The molecule has 1 aromatic carbocycles. The van der Waals surface area contributed by atoms with Crippen molar-refractivity contribution in [3.63, 3.8) is 0 Å². The van der Waals surface area contributed by atoms with Gasteiger partial charge >= 0.3 is 0 Å². The topological polar surface area (TPSA) is 71.3 Å². The zero-order valence-corrected chi connectivity index (χ0v) is 11.2. The van der Waals surface area contributed by atoms with Gasteiger partial charge in [0.05, 0.1) is 17.5 Å². The molecular formula is C15H10FN5O. The van der Waals surface area contributed by atoms with E-state index in [1.807, 2.05) is 0 Å². The lowest BCUT2D eigenvalue weighted by Crippen LogP contribution is -2.32. The van der Waals surface area contributed by atoms with Crippen LogP contribution >= 0.6 is 0 Å². The van der Waals surface area contributed by atoms with Gasteiger partial charge < -0.3 is 5.43 Å². The molecule has 2 N–H and O–H groups in total. The molecule has 1 aliphatic heterocycles. The zero-order valence-electron chi connectivity index (χ0n) is 11.2. The normalized spacial score (nSPS) is 13.4. The molecule has 0 saturated heterocycles. The van der Waals surface area contributed by atoms with Gasteiger partial charge in [0.25, 0.3) is 5.91 Å². The van der Waals surface area contributed by atoms with Gasteiger partial charge in [-0.3, -0.25) is 10.2 Å². The molecular weight excluding hydrogens is 285 g/mol. The van der Waals surface area contributed by atoms with Crippen LogP contribution < -0.4 is 10.9 Å². The Bertz CT molecular complexity index is 914. The van der Waals surface area contributed by atoms with E-state index in [0.717, 1.165) is 11.1 Å². The van der Waals surface area contributed by atoms with Gasteiger partial charge in [0, 0.05) is 18.0 Å². The maximum absolute atomic E-state index is 13.1. The summed E-state index contributed by atoms with van der Waals surface area (Å²) in [5, 5.41) is 4.31. The van der Waals surface area contributed by atoms with E-state index in [4.69, 9.17) is 0 Å². The average Bonchev–Trinajstić information content (AvgIpc) is 2.87. The molecule has 0 spiro atoms. The van der Waals surface area contributed by atoms with E-state index in [2.05, 4.69) is 20.9 Å². The predicted molar refractivity (Wildman–Crippen MR) is 78.0 cm³/mol. The molecule has 0 unspecified atom stereocenters. The molecule has 0 bridgehead atoms. The minimum absolute atomic E-state index is 0.284. The van der Waals surface area contributed by atoms with Gasteiger partial charge in [-0.15, -0.1) is 0 Å². The summed E-state index contributed by atoms with van der Waals surface area (Å²) in [5.41, 5.74) is 8.40. The van der Waals surface area contributed by atoms with Crippen LogP contribution in [-0.4, -0.2) is 20.5 Å². The van der Waals surface area contributed by atoms with Crippen molar-refractivity contribution in [3.8, 4) is 11.1 Å². The highest BCUT2D eigenvalue weighted by molar-refractivity contribution is 5.98. The molecule has 6 nitrogen and oxygen atoms in total. The lowest BCUT2D eigenvalue weighted by atomic mass is 10.1. The van der Waals surface area contributed by atoms with Crippen molar-refractivity contribution >= 4 is 17.6 Å². The first kappa shape index (κ1) is 12.5. The number of hydrazine groups is 1. The summed E-state index contributed by atoms with van der Waals surface area (Å²) in [7, 11) is 0. The highest BCUT2D eigenvalue weighted by Gasteiger charge is 2.18. The second-order valence-electron chi connectivity index (χ2n) is 4.79. The molecule has 7 heteroatoms. The van der Waals surface area contributed by atoms with Crippen LogP contribution in [0.4, 0.5) is 4.39 Å². The fourth-order valence-electron chi connectivity index (χ4n) is 2.41. The van der Waals surface area contributed by atoms with Crippen LogP contribution in [0.5, 0.6) is 0 Å². The molecule has 2 aromatic heterocycles. The predicted octanol–water partition coefficient (Wildman–Crippen LogP) is 1.75. The van der Waals surface area contributed by atoms with Gasteiger partial charge in [-0.1, -0.05) is 12.1 Å². The third kappa shape index (κ3) is 1.83. The Hall–Kier alpha value is -3.22. The number of carbonyl (C=O) groups excluding carboxylic acids is 1. The SMILES string of the molecule is O=C1NNC=Cc2c1cnc1c(-c3ccc(F)cc3)cnn21. The summed E-state index contributed by atoms with van der Waals surface area (Å²) in [6.07, 6.45) is 6.51. The molecule has 3 heterocycles. The van der Waals surface area contributed by atoms with Crippen LogP contribution in [0, 0.1) is 5.82 Å². The minimum Gasteiger partial charge on any atom is -0.306 e. The van der Waals surface area contributed by atoms with Crippen molar-refractivity contribution in [1.82, 2.24) is 25.4 Å². The number of hydrogen-bond acceptors (Lipinski definition) is 4. The molecule has 0 aliphatic carbocycles. The molecule has 1 amide bonds. The number of halogens is 1. The molecule has 3 aromatic rings. The van der Waals surface area contributed by atoms with E-state index in [9.17, 15) is 9.18 Å². The summed E-state index contributed by atoms with van der Waals surface area (Å²) in [6.45, 7) is 0. The van der Waals surface area contributed by atoms with Crippen LogP contribution in [0.2, 0.25) is 0 Å². The monoisotopic (exact) mass is 295 g/mol. The van der Waals surface area contributed by atoms with E-state index >= 15 is 0 Å². The van der Waals surface area contributed by atoms with E-state index in [0.29, 0.717) is 16.9 Å². The molecule has 1 aliphatic rings. The van der Waals surface area contributed by atoms with Crippen molar-refractivity contribution in [2.75, 3.05) is 0 Å². The molecule has 0 saturated carbocycles. The Labute approximate surface area is 124 Å². The Balaban J connectivity index is 1.95. The van der Waals surface area contributed by atoms with Crippen LogP contribution in [0.15, 0.2) is 42.9 Å². The Morgan fingerprint density at radius 1 is 1.09 bits per heavy atom. The van der Waals surface area contributed by atoms with Crippen LogP contribution in [0.25, 0.3) is 22.9 Å². The van der Waals surface area contributed by atoms with Crippen molar-refractivity contribution in [2.45, 2.75) is 0 Å².